The molecule has 126 valence electrons. The van der Waals surface area contributed by atoms with Crippen molar-refractivity contribution in [2.45, 2.75) is 81.8 Å². The van der Waals surface area contributed by atoms with Crippen molar-refractivity contribution in [3.63, 3.8) is 0 Å². The van der Waals surface area contributed by atoms with Crippen LogP contribution in [0.3, 0.4) is 0 Å². The molecule has 0 bridgehead atoms. The molecule has 2 atom stereocenters. The molecule has 0 aliphatic heterocycles. The molecule has 1 aromatic carbocycles. The van der Waals surface area contributed by atoms with Crippen molar-refractivity contribution in [1.29, 1.82) is 0 Å². The molecule has 0 saturated heterocycles. The van der Waals surface area contributed by atoms with E-state index in [1.54, 1.807) is 0 Å². The Labute approximate surface area is 145 Å². The summed E-state index contributed by atoms with van der Waals surface area (Å²) in [7, 11) is -1.50. The monoisotopic (exact) mass is 386 g/mol. The van der Waals surface area contributed by atoms with Gasteiger partial charge in [0.05, 0.1) is 0 Å². The summed E-state index contributed by atoms with van der Waals surface area (Å²) in [6, 6.07) is 14.8. The molecule has 0 aliphatic carbocycles. The van der Waals surface area contributed by atoms with Crippen LogP contribution in [0.15, 0.2) is 30.3 Å². The van der Waals surface area contributed by atoms with E-state index in [2.05, 4.69) is 70.8 Å². The van der Waals surface area contributed by atoms with E-state index >= 15 is 0 Å². The minimum absolute atomic E-state index is 0.322. The van der Waals surface area contributed by atoms with Crippen LogP contribution in [0, 0.1) is 0 Å². The van der Waals surface area contributed by atoms with E-state index in [0.29, 0.717) is 25.4 Å². The van der Waals surface area contributed by atoms with Crippen molar-refractivity contribution >= 4 is 23.3 Å². The van der Waals surface area contributed by atoms with Gasteiger partial charge in [0.25, 0.3) is 0 Å². The maximum atomic E-state index is 6.72. The van der Waals surface area contributed by atoms with Crippen LogP contribution in [0.1, 0.15) is 53.0 Å². The zero-order valence-electron chi connectivity index (χ0n) is 15.3. The van der Waals surface area contributed by atoms with Gasteiger partial charge in [0.2, 0.25) is 0 Å². The van der Waals surface area contributed by atoms with Gasteiger partial charge in [-0.1, -0.05) is 0 Å². The molecule has 0 saturated carbocycles. The molecule has 0 heterocycles. The Balaban J connectivity index is 2.92. The minimum atomic E-state index is -1.50. The van der Waals surface area contributed by atoms with Crippen molar-refractivity contribution in [3.05, 3.63) is 35.9 Å². The molecule has 0 aromatic heterocycles. The SMILES string of the molecule is CC[C@](C[C@H](C)O[Si](CC)(CC)CC)([Se]C)c1ccccc1. The average Bonchev–Trinajstić information content (AvgIpc) is 2.58. The Morgan fingerprint density at radius 1 is 1.05 bits per heavy atom. The number of hydrogen-bond donors (Lipinski definition) is 0. The standard InChI is InChI=1S/C19H34OSeSi/c1-7-19(21-6,18-14-12-11-13-15-18)16-17(5)20-22(8-2,9-3)10-4/h11-15,17H,7-10,16H2,1-6H3/t17-,19+/m0/s1. The zero-order chi connectivity index (χ0) is 16.6. The summed E-state index contributed by atoms with van der Waals surface area (Å²) >= 11 is 0.579. The first kappa shape index (κ1) is 20.0. The second-order valence-corrected chi connectivity index (χ2v) is 13.5. The molecule has 0 amide bonds. The Morgan fingerprint density at radius 3 is 2.00 bits per heavy atom. The summed E-state index contributed by atoms with van der Waals surface area (Å²) in [5, 5.41) is 0. The van der Waals surface area contributed by atoms with Gasteiger partial charge in [-0.15, -0.1) is 0 Å². The molecule has 1 aromatic rings. The topological polar surface area (TPSA) is 9.23 Å². The van der Waals surface area contributed by atoms with Gasteiger partial charge in [-0.05, 0) is 0 Å². The van der Waals surface area contributed by atoms with Gasteiger partial charge in [-0.25, -0.2) is 0 Å². The van der Waals surface area contributed by atoms with Gasteiger partial charge in [-0.3, -0.25) is 0 Å². The average molecular weight is 386 g/mol. The summed E-state index contributed by atoms with van der Waals surface area (Å²) in [6.45, 7) is 11.6. The first-order valence-corrected chi connectivity index (χ1v) is 13.9. The van der Waals surface area contributed by atoms with Crippen LogP contribution in [0.4, 0.5) is 0 Å². The van der Waals surface area contributed by atoms with Gasteiger partial charge in [-0.2, -0.15) is 0 Å². The maximum absolute atomic E-state index is 6.72. The quantitative estimate of drug-likeness (QED) is 0.460. The normalized spacial score (nSPS) is 16.3. The molecule has 22 heavy (non-hydrogen) atoms. The van der Waals surface area contributed by atoms with Crippen LogP contribution in [-0.2, 0) is 8.74 Å². The van der Waals surface area contributed by atoms with Crippen LogP contribution in [0.2, 0.25) is 24.0 Å². The molecule has 3 heteroatoms. The molecular weight excluding hydrogens is 351 g/mol. The number of rotatable bonds is 10. The zero-order valence-corrected chi connectivity index (χ0v) is 18.0. The fourth-order valence-corrected chi connectivity index (χ4v) is 8.65. The van der Waals surface area contributed by atoms with Crippen LogP contribution < -0.4 is 0 Å². The fraction of sp³-hybridized carbons (Fsp3) is 0.684. The first-order chi connectivity index (χ1) is 10.5. The molecule has 1 nitrogen and oxygen atoms in total. The molecule has 0 fully saturated rings. The molecular formula is C19H34OSeSi. The molecule has 0 N–H and O–H groups in total. The second kappa shape index (κ2) is 9.27. The predicted octanol–water partition coefficient (Wildman–Crippen LogP) is 5.84. The second-order valence-electron chi connectivity index (χ2n) is 6.29. The molecule has 0 aliphatic rings. The van der Waals surface area contributed by atoms with Gasteiger partial charge >= 0.3 is 145 Å². The molecule has 0 spiro atoms. The third-order valence-electron chi connectivity index (χ3n) is 5.26. The van der Waals surface area contributed by atoms with Crippen LogP contribution in [0.5, 0.6) is 0 Å². The van der Waals surface area contributed by atoms with E-state index < -0.39 is 8.32 Å². The van der Waals surface area contributed by atoms with Crippen molar-refractivity contribution in [3.8, 4) is 0 Å². The van der Waals surface area contributed by atoms with E-state index in [9.17, 15) is 0 Å². The summed E-state index contributed by atoms with van der Waals surface area (Å²) in [5.41, 5.74) is 1.51. The van der Waals surface area contributed by atoms with Crippen molar-refractivity contribution in [1.82, 2.24) is 0 Å². The summed E-state index contributed by atoms with van der Waals surface area (Å²) in [6.07, 6.45) is 2.74. The van der Waals surface area contributed by atoms with E-state index in [1.807, 2.05) is 0 Å². The number of hydrogen-bond acceptors (Lipinski definition) is 1. The van der Waals surface area contributed by atoms with Crippen LogP contribution in [-0.4, -0.2) is 29.4 Å². The van der Waals surface area contributed by atoms with Gasteiger partial charge in [0, 0.05) is 0 Å². The van der Waals surface area contributed by atoms with Gasteiger partial charge in [0.15, 0.2) is 0 Å². The third kappa shape index (κ3) is 4.71. The number of benzene rings is 1. The van der Waals surface area contributed by atoms with E-state index in [4.69, 9.17) is 4.43 Å². The third-order valence-corrected chi connectivity index (χ3v) is 13.1. The first-order valence-electron chi connectivity index (χ1n) is 8.79. The molecule has 1 rings (SSSR count). The Kier molecular flexibility index (Phi) is 8.41. The summed E-state index contributed by atoms with van der Waals surface area (Å²) in [4.78, 5) is 0. The predicted molar refractivity (Wildman–Crippen MR) is 102 cm³/mol. The van der Waals surface area contributed by atoms with Gasteiger partial charge in [0.1, 0.15) is 0 Å². The van der Waals surface area contributed by atoms with Crippen LogP contribution >= 0.6 is 0 Å². The van der Waals surface area contributed by atoms with E-state index in [1.165, 1.54) is 36.5 Å². The van der Waals surface area contributed by atoms with Crippen LogP contribution in [0.25, 0.3) is 0 Å². The van der Waals surface area contributed by atoms with E-state index in [0.717, 1.165) is 0 Å². The molecule has 0 radical (unpaired) electrons. The van der Waals surface area contributed by atoms with E-state index in [-0.39, 0.29) is 0 Å². The Morgan fingerprint density at radius 2 is 1.59 bits per heavy atom. The Bertz CT molecular complexity index is 404. The Hall–Kier alpha value is -0.0836. The van der Waals surface area contributed by atoms with Gasteiger partial charge < -0.3 is 0 Å². The van der Waals surface area contributed by atoms with Crippen molar-refractivity contribution in [2.75, 3.05) is 0 Å². The van der Waals surface area contributed by atoms with Crippen molar-refractivity contribution < 1.29 is 4.43 Å². The molecule has 0 unspecified atom stereocenters. The summed E-state index contributed by atoms with van der Waals surface area (Å²) < 4.78 is 7.04. The van der Waals surface area contributed by atoms with Crippen molar-refractivity contribution in [2.24, 2.45) is 0 Å². The fourth-order valence-electron chi connectivity index (χ4n) is 3.49. The summed E-state index contributed by atoms with van der Waals surface area (Å²) in [5.74, 6) is 2.39.